The Balaban J connectivity index is 1.61. The number of esters is 1. The maximum Gasteiger partial charge on any atom is 0.338 e. The highest BCUT2D eigenvalue weighted by Crippen LogP contribution is 2.36. The highest BCUT2D eigenvalue weighted by molar-refractivity contribution is 6.35. The molecule has 1 aliphatic rings. The summed E-state index contributed by atoms with van der Waals surface area (Å²) in [6.45, 7) is 5.70. The number of ether oxygens (including phenoxy) is 2. The zero-order chi connectivity index (χ0) is 22.8. The van der Waals surface area contributed by atoms with Gasteiger partial charge in [-0.3, -0.25) is 0 Å². The number of fused-ring (bicyclic) bond motifs is 1. The molecule has 1 aromatic heterocycles. The van der Waals surface area contributed by atoms with Gasteiger partial charge in [-0.1, -0.05) is 41.4 Å². The van der Waals surface area contributed by atoms with Gasteiger partial charge in [0.2, 0.25) is 5.95 Å². The molecule has 0 radical (unpaired) electrons. The molecule has 2 heterocycles. The SMILES string of the molecule is CC1=C(C(=O)OC(C)C)C(c2ccc(OCc3c(Cl)cccc3Cl)cc2)n2ncnc2N1. The van der Waals surface area contributed by atoms with Gasteiger partial charge >= 0.3 is 5.97 Å². The van der Waals surface area contributed by atoms with E-state index < -0.39 is 12.0 Å². The van der Waals surface area contributed by atoms with Crippen LogP contribution in [0.3, 0.4) is 0 Å². The highest BCUT2D eigenvalue weighted by atomic mass is 35.5. The average Bonchev–Trinajstić information content (AvgIpc) is 3.20. The number of nitrogens with zero attached hydrogens (tertiary/aromatic N) is 3. The average molecular weight is 473 g/mol. The number of hydrogen-bond donors (Lipinski definition) is 1. The Kier molecular flexibility index (Phi) is 6.39. The van der Waals surface area contributed by atoms with E-state index in [2.05, 4.69) is 15.4 Å². The van der Waals surface area contributed by atoms with Crippen molar-refractivity contribution >= 4 is 35.1 Å². The summed E-state index contributed by atoms with van der Waals surface area (Å²) >= 11 is 12.4. The van der Waals surface area contributed by atoms with Crippen LogP contribution >= 0.6 is 23.2 Å². The van der Waals surface area contributed by atoms with Crippen molar-refractivity contribution in [1.29, 1.82) is 0 Å². The zero-order valence-corrected chi connectivity index (χ0v) is 19.3. The van der Waals surface area contributed by atoms with Crippen molar-refractivity contribution in [1.82, 2.24) is 14.8 Å². The van der Waals surface area contributed by atoms with Crippen molar-refractivity contribution in [2.75, 3.05) is 5.32 Å². The monoisotopic (exact) mass is 472 g/mol. The minimum Gasteiger partial charge on any atom is -0.489 e. The van der Waals surface area contributed by atoms with Crippen LogP contribution in [-0.4, -0.2) is 26.8 Å². The minimum atomic E-state index is -0.480. The molecule has 0 saturated heterocycles. The van der Waals surface area contributed by atoms with Gasteiger partial charge in [-0.2, -0.15) is 10.1 Å². The summed E-state index contributed by atoms with van der Waals surface area (Å²) in [6.07, 6.45) is 1.21. The van der Waals surface area contributed by atoms with Crippen molar-refractivity contribution in [3.63, 3.8) is 0 Å². The second-order valence-corrected chi connectivity index (χ2v) is 8.42. The van der Waals surface area contributed by atoms with E-state index in [9.17, 15) is 4.79 Å². The number of rotatable bonds is 6. The van der Waals surface area contributed by atoms with Gasteiger partial charge in [-0.15, -0.1) is 0 Å². The lowest BCUT2D eigenvalue weighted by Crippen LogP contribution is -2.30. The molecule has 1 N–H and O–H groups in total. The predicted octanol–water partition coefficient (Wildman–Crippen LogP) is 5.40. The fourth-order valence-electron chi connectivity index (χ4n) is 3.51. The van der Waals surface area contributed by atoms with E-state index in [-0.39, 0.29) is 12.7 Å². The van der Waals surface area contributed by atoms with E-state index in [4.69, 9.17) is 32.7 Å². The third-order valence-corrected chi connectivity index (χ3v) is 5.71. The van der Waals surface area contributed by atoms with Gasteiger partial charge in [0, 0.05) is 21.3 Å². The summed E-state index contributed by atoms with van der Waals surface area (Å²) < 4.78 is 13.0. The summed E-state index contributed by atoms with van der Waals surface area (Å²) in [5, 5.41) is 8.55. The number of halogens is 2. The van der Waals surface area contributed by atoms with E-state index in [1.165, 1.54) is 6.33 Å². The van der Waals surface area contributed by atoms with Crippen LogP contribution in [0.5, 0.6) is 5.75 Å². The van der Waals surface area contributed by atoms with E-state index in [0.29, 0.717) is 33.0 Å². The molecule has 0 saturated carbocycles. The molecular formula is C23H22Cl2N4O3. The molecule has 4 rings (SSSR count). The largest absolute Gasteiger partial charge is 0.489 e. The molecule has 3 aromatic rings. The third kappa shape index (κ3) is 4.45. The number of nitrogens with one attached hydrogen (secondary N) is 1. The van der Waals surface area contributed by atoms with E-state index in [1.807, 2.05) is 45.0 Å². The normalized spacial score (nSPS) is 15.4. The second-order valence-electron chi connectivity index (χ2n) is 7.61. The molecule has 1 atom stereocenters. The van der Waals surface area contributed by atoms with Crippen molar-refractivity contribution in [2.45, 2.75) is 39.5 Å². The minimum absolute atomic E-state index is 0.239. The summed E-state index contributed by atoms with van der Waals surface area (Å²) in [4.78, 5) is 17.1. The summed E-state index contributed by atoms with van der Waals surface area (Å²) in [5.74, 6) is 0.802. The summed E-state index contributed by atoms with van der Waals surface area (Å²) in [6, 6.07) is 12.3. The van der Waals surface area contributed by atoms with Crippen LogP contribution in [0.4, 0.5) is 5.95 Å². The standard InChI is InChI=1S/C23H22Cl2N4O3/c1-13(2)32-22(30)20-14(3)28-23-26-12-27-29(23)21(20)15-7-9-16(10-8-15)31-11-17-18(24)5-4-6-19(17)25/h4-10,12-13,21H,11H2,1-3H3,(H,26,27,28). The molecule has 9 heteroatoms. The lowest BCUT2D eigenvalue weighted by molar-refractivity contribution is -0.143. The van der Waals surface area contributed by atoms with E-state index in [1.54, 1.807) is 22.9 Å². The maximum absolute atomic E-state index is 12.9. The Morgan fingerprint density at radius 1 is 1.16 bits per heavy atom. The van der Waals surface area contributed by atoms with Gasteiger partial charge in [0.05, 0.1) is 11.7 Å². The fourth-order valence-corrected chi connectivity index (χ4v) is 4.02. The van der Waals surface area contributed by atoms with Gasteiger partial charge in [-0.25, -0.2) is 9.48 Å². The smallest absolute Gasteiger partial charge is 0.338 e. The maximum atomic E-state index is 12.9. The molecule has 166 valence electrons. The van der Waals surface area contributed by atoms with Crippen LogP contribution in [0.2, 0.25) is 10.0 Å². The van der Waals surface area contributed by atoms with Gasteiger partial charge < -0.3 is 14.8 Å². The quantitative estimate of drug-likeness (QED) is 0.483. The first-order chi connectivity index (χ1) is 15.3. The number of allylic oxidation sites excluding steroid dienone is 1. The molecule has 0 amide bonds. The van der Waals surface area contributed by atoms with Gasteiger partial charge in [-0.05, 0) is 50.6 Å². The molecule has 1 unspecified atom stereocenters. The molecule has 0 fully saturated rings. The second kappa shape index (κ2) is 9.22. The number of carbonyl (C=O) groups excluding carboxylic acids is 1. The molecule has 1 aliphatic heterocycles. The molecular weight excluding hydrogens is 451 g/mol. The van der Waals surface area contributed by atoms with Crippen molar-refractivity contribution in [2.24, 2.45) is 0 Å². The highest BCUT2D eigenvalue weighted by Gasteiger charge is 2.34. The van der Waals surface area contributed by atoms with Crippen LogP contribution in [-0.2, 0) is 16.1 Å². The van der Waals surface area contributed by atoms with Crippen LogP contribution in [0, 0.1) is 0 Å². The Bertz CT molecular complexity index is 1150. The van der Waals surface area contributed by atoms with Crippen LogP contribution in [0.25, 0.3) is 0 Å². The Hall–Kier alpha value is -3.03. The van der Waals surface area contributed by atoms with Crippen LogP contribution in [0.1, 0.15) is 37.9 Å². The molecule has 0 spiro atoms. The van der Waals surface area contributed by atoms with Crippen LogP contribution in [0.15, 0.2) is 60.1 Å². The molecule has 32 heavy (non-hydrogen) atoms. The van der Waals surface area contributed by atoms with Gasteiger partial charge in [0.15, 0.2) is 0 Å². The lowest BCUT2D eigenvalue weighted by atomic mass is 9.95. The molecule has 2 aromatic carbocycles. The van der Waals surface area contributed by atoms with E-state index >= 15 is 0 Å². The fraction of sp³-hybridized carbons (Fsp3) is 0.261. The van der Waals surface area contributed by atoms with Gasteiger partial charge in [0.1, 0.15) is 24.7 Å². The summed E-state index contributed by atoms with van der Waals surface area (Å²) in [7, 11) is 0. The molecule has 7 nitrogen and oxygen atoms in total. The number of carbonyl (C=O) groups is 1. The summed E-state index contributed by atoms with van der Waals surface area (Å²) in [5.41, 5.74) is 2.72. The lowest BCUT2D eigenvalue weighted by Gasteiger charge is -2.28. The number of anilines is 1. The van der Waals surface area contributed by atoms with Crippen molar-refractivity contribution in [3.05, 3.63) is 81.2 Å². The first-order valence-corrected chi connectivity index (χ1v) is 10.8. The first-order valence-electron chi connectivity index (χ1n) is 10.1. The van der Waals surface area contributed by atoms with Crippen LogP contribution < -0.4 is 10.1 Å². The Morgan fingerprint density at radius 3 is 2.50 bits per heavy atom. The molecule has 0 bridgehead atoms. The predicted molar refractivity (Wildman–Crippen MR) is 123 cm³/mol. The number of hydrogen-bond acceptors (Lipinski definition) is 6. The van der Waals surface area contributed by atoms with E-state index in [0.717, 1.165) is 11.1 Å². The number of aromatic nitrogens is 3. The zero-order valence-electron chi connectivity index (χ0n) is 17.8. The van der Waals surface area contributed by atoms with Crippen molar-refractivity contribution < 1.29 is 14.3 Å². The molecule has 0 aliphatic carbocycles. The number of benzene rings is 2. The first kappa shape index (κ1) is 22.2. The third-order valence-electron chi connectivity index (χ3n) is 5.00. The topological polar surface area (TPSA) is 78.3 Å². The van der Waals surface area contributed by atoms with Crippen molar-refractivity contribution in [3.8, 4) is 5.75 Å². The van der Waals surface area contributed by atoms with Gasteiger partial charge in [0.25, 0.3) is 0 Å². The Labute approximate surface area is 196 Å². The Morgan fingerprint density at radius 2 is 1.84 bits per heavy atom.